The molecule has 1 atom stereocenters. The maximum absolute atomic E-state index is 12.4. The van der Waals surface area contributed by atoms with Crippen LogP contribution in [0.4, 0.5) is 5.69 Å². The predicted octanol–water partition coefficient (Wildman–Crippen LogP) is 1.04. The van der Waals surface area contributed by atoms with Crippen molar-refractivity contribution >= 4 is 47.8 Å². The molecule has 1 aliphatic rings. The first-order valence-corrected chi connectivity index (χ1v) is 12.9. The van der Waals surface area contributed by atoms with E-state index in [-0.39, 0.29) is 35.2 Å². The number of carbonyl (C=O) groups is 1. The molecule has 1 fully saturated rings. The fourth-order valence-electron chi connectivity index (χ4n) is 3.12. The average molecular weight is 455 g/mol. The van der Waals surface area contributed by atoms with Crippen molar-refractivity contribution in [1.29, 1.82) is 0 Å². The molecule has 9 nitrogen and oxygen atoms in total. The SMILES string of the molecule is O=C(Cc1cn2ccsc2n1)Nc1ccc(S(=O)(=O)NC2CCS(=O)(=O)C2)cc1. The van der Waals surface area contributed by atoms with E-state index in [1.807, 2.05) is 16.0 Å². The highest BCUT2D eigenvalue weighted by atomic mass is 32.2. The molecule has 1 unspecified atom stereocenters. The summed E-state index contributed by atoms with van der Waals surface area (Å²) in [7, 11) is -7.02. The first kappa shape index (κ1) is 20.0. The number of rotatable bonds is 6. The van der Waals surface area contributed by atoms with E-state index < -0.39 is 25.9 Å². The van der Waals surface area contributed by atoms with Crippen molar-refractivity contribution in [2.24, 2.45) is 0 Å². The van der Waals surface area contributed by atoms with E-state index in [1.165, 1.54) is 35.6 Å². The van der Waals surface area contributed by atoms with Gasteiger partial charge in [-0.1, -0.05) is 0 Å². The third-order valence-corrected chi connectivity index (χ3v) is 8.56. The third-order valence-electron chi connectivity index (χ3n) is 4.49. The highest BCUT2D eigenvalue weighted by molar-refractivity contribution is 7.92. The minimum atomic E-state index is -3.83. The van der Waals surface area contributed by atoms with E-state index in [9.17, 15) is 21.6 Å². The standard InChI is InChI=1S/C17H18N4O5S3/c22-16(9-14-10-21-6-7-27-17(21)19-14)18-12-1-3-15(4-2-12)29(25,26)20-13-5-8-28(23,24)11-13/h1-4,6-7,10,13,20H,5,8-9,11H2,(H,18,22). The Labute approximate surface area is 171 Å². The molecule has 0 bridgehead atoms. The summed E-state index contributed by atoms with van der Waals surface area (Å²) in [6.45, 7) is 0. The number of benzene rings is 1. The van der Waals surface area contributed by atoms with Crippen LogP contribution in [0, 0.1) is 0 Å². The number of fused-ring (bicyclic) bond motifs is 1. The van der Waals surface area contributed by atoms with Gasteiger partial charge in [0, 0.05) is 29.5 Å². The zero-order valence-corrected chi connectivity index (χ0v) is 17.6. The van der Waals surface area contributed by atoms with Crippen LogP contribution in [0.5, 0.6) is 0 Å². The Kier molecular flexibility index (Phi) is 5.19. The molecule has 3 heterocycles. The summed E-state index contributed by atoms with van der Waals surface area (Å²) in [6.07, 6.45) is 4.02. The Morgan fingerprint density at radius 2 is 2.03 bits per heavy atom. The summed E-state index contributed by atoms with van der Waals surface area (Å²) < 4.78 is 52.1. The number of hydrogen-bond donors (Lipinski definition) is 2. The lowest BCUT2D eigenvalue weighted by molar-refractivity contribution is -0.115. The van der Waals surface area contributed by atoms with Gasteiger partial charge in [0.15, 0.2) is 14.8 Å². The van der Waals surface area contributed by atoms with Crippen molar-refractivity contribution in [2.75, 3.05) is 16.8 Å². The Morgan fingerprint density at radius 3 is 2.69 bits per heavy atom. The van der Waals surface area contributed by atoms with Crippen LogP contribution in [0.1, 0.15) is 12.1 Å². The fraction of sp³-hybridized carbons (Fsp3) is 0.294. The molecule has 0 aliphatic carbocycles. The molecule has 0 radical (unpaired) electrons. The molecule has 29 heavy (non-hydrogen) atoms. The van der Waals surface area contributed by atoms with Crippen LogP contribution in [0.15, 0.2) is 46.9 Å². The lowest BCUT2D eigenvalue weighted by Crippen LogP contribution is -2.35. The molecule has 3 aromatic rings. The molecule has 1 amide bonds. The summed E-state index contributed by atoms with van der Waals surface area (Å²) in [5, 5.41) is 4.62. The Hall–Kier alpha value is -2.28. The normalized spacial score (nSPS) is 18.8. The number of amides is 1. The van der Waals surface area contributed by atoms with E-state index in [2.05, 4.69) is 15.0 Å². The van der Waals surface area contributed by atoms with Gasteiger partial charge in [0.25, 0.3) is 0 Å². The molecular weight excluding hydrogens is 436 g/mol. The van der Waals surface area contributed by atoms with Gasteiger partial charge < -0.3 is 5.32 Å². The van der Waals surface area contributed by atoms with Crippen LogP contribution in [0.2, 0.25) is 0 Å². The zero-order chi connectivity index (χ0) is 20.6. The van der Waals surface area contributed by atoms with Crippen LogP contribution < -0.4 is 10.0 Å². The van der Waals surface area contributed by atoms with Gasteiger partial charge in [-0.15, -0.1) is 11.3 Å². The molecule has 1 aromatic carbocycles. The summed E-state index contributed by atoms with van der Waals surface area (Å²) in [4.78, 5) is 17.4. The highest BCUT2D eigenvalue weighted by Gasteiger charge is 2.31. The van der Waals surface area contributed by atoms with E-state index in [0.717, 1.165) is 4.96 Å². The molecule has 0 spiro atoms. The van der Waals surface area contributed by atoms with Gasteiger partial charge in [-0.2, -0.15) is 0 Å². The van der Waals surface area contributed by atoms with Gasteiger partial charge in [-0.3, -0.25) is 9.20 Å². The molecule has 2 aromatic heterocycles. The lowest BCUT2D eigenvalue weighted by atomic mass is 10.3. The molecular formula is C17H18N4O5S3. The molecule has 12 heteroatoms. The van der Waals surface area contributed by atoms with Gasteiger partial charge in [0.2, 0.25) is 15.9 Å². The van der Waals surface area contributed by atoms with E-state index in [4.69, 9.17) is 0 Å². The van der Waals surface area contributed by atoms with Gasteiger partial charge in [0.1, 0.15) is 0 Å². The number of anilines is 1. The first-order valence-electron chi connectivity index (χ1n) is 8.74. The first-order chi connectivity index (χ1) is 13.7. The Morgan fingerprint density at radius 1 is 1.28 bits per heavy atom. The summed E-state index contributed by atoms with van der Waals surface area (Å²) in [6, 6.07) is 5.10. The maximum atomic E-state index is 12.4. The summed E-state index contributed by atoms with van der Waals surface area (Å²) in [5.41, 5.74) is 1.10. The van der Waals surface area contributed by atoms with Crippen molar-refractivity contribution in [3.63, 3.8) is 0 Å². The lowest BCUT2D eigenvalue weighted by Gasteiger charge is -2.12. The molecule has 1 aliphatic heterocycles. The van der Waals surface area contributed by atoms with Gasteiger partial charge in [-0.05, 0) is 30.7 Å². The van der Waals surface area contributed by atoms with Crippen molar-refractivity contribution in [1.82, 2.24) is 14.1 Å². The number of aromatic nitrogens is 2. The van der Waals surface area contributed by atoms with Crippen LogP contribution in [-0.2, 0) is 31.1 Å². The third kappa shape index (κ3) is 4.66. The minimum Gasteiger partial charge on any atom is -0.326 e. The maximum Gasteiger partial charge on any atom is 0.240 e. The average Bonchev–Trinajstić information content (AvgIpc) is 3.29. The van der Waals surface area contributed by atoms with Crippen molar-refractivity contribution in [3.05, 3.63) is 47.7 Å². The minimum absolute atomic E-state index is 0.00846. The molecule has 1 saturated heterocycles. The fourth-order valence-corrected chi connectivity index (χ4v) is 6.89. The second-order valence-corrected chi connectivity index (χ2v) is 11.6. The summed E-state index contributed by atoms with van der Waals surface area (Å²) in [5.74, 6) is -0.466. The number of nitrogens with zero attached hydrogens (tertiary/aromatic N) is 2. The second kappa shape index (κ2) is 7.52. The quantitative estimate of drug-likeness (QED) is 0.573. The summed E-state index contributed by atoms with van der Waals surface area (Å²) >= 11 is 1.48. The number of thiazole rings is 1. The van der Waals surface area contributed by atoms with E-state index >= 15 is 0 Å². The molecule has 0 saturated carbocycles. The van der Waals surface area contributed by atoms with Gasteiger partial charge in [0.05, 0.1) is 28.5 Å². The highest BCUT2D eigenvalue weighted by Crippen LogP contribution is 2.18. The number of sulfone groups is 1. The number of nitrogens with one attached hydrogen (secondary N) is 2. The van der Waals surface area contributed by atoms with Crippen LogP contribution in [0.25, 0.3) is 4.96 Å². The smallest absolute Gasteiger partial charge is 0.240 e. The van der Waals surface area contributed by atoms with E-state index in [0.29, 0.717) is 11.4 Å². The van der Waals surface area contributed by atoms with E-state index in [1.54, 1.807) is 6.20 Å². The van der Waals surface area contributed by atoms with Crippen molar-refractivity contribution in [2.45, 2.75) is 23.8 Å². The zero-order valence-electron chi connectivity index (χ0n) is 15.1. The number of sulfonamides is 1. The second-order valence-electron chi connectivity index (χ2n) is 6.80. The molecule has 2 N–H and O–H groups in total. The monoisotopic (exact) mass is 454 g/mol. The predicted molar refractivity (Wildman–Crippen MR) is 109 cm³/mol. The molecule has 154 valence electrons. The van der Waals surface area contributed by atoms with Crippen molar-refractivity contribution in [3.8, 4) is 0 Å². The Balaban J connectivity index is 1.38. The molecule has 4 rings (SSSR count). The largest absolute Gasteiger partial charge is 0.326 e. The van der Waals surface area contributed by atoms with Gasteiger partial charge in [-0.25, -0.2) is 26.5 Å². The number of hydrogen-bond acceptors (Lipinski definition) is 7. The van der Waals surface area contributed by atoms with Gasteiger partial charge >= 0.3 is 0 Å². The number of carbonyl (C=O) groups excluding carboxylic acids is 1. The topological polar surface area (TPSA) is 127 Å². The number of imidazole rings is 1. The Bertz CT molecular complexity index is 1230. The van der Waals surface area contributed by atoms with Crippen LogP contribution >= 0.6 is 11.3 Å². The van der Waals surface area contributed by atoms with Crippen molar-refractivity contribution < 1.29 is 21.6 Å². The van der Waals surface area contributed by atoms with Crippen LogP contribution in [0.3, 0.4) is 0 Å². The van der Waals surface area contributed by atoms with Crippen LogP contribution in [-0.4, -0.2) is 49.7 Å².